The van der Waals surface area contributed by atoms with Gasteiger partial charge in [-0.05, 0) is 36.4 Å². The summed E-state index contributed by atoms with van der Waals surface area (Å²) in [5.41, 5.74) is 0.323. The smallest absolute Gasteiger partial charge is 0.320 e. The molecule has 0 atom stereocenters. The van der Waals surface area contributed by atoms with Crippen molar-refractivity contribution in [3.05, 3.63) is 54.3 Å². The zero-order valence-electron chi connectivity index (χ0n) is 14.3. The predicted octanol–water partition coefficient (Wildman–Crippen LogP) is 1.29. The molecular weight excluding hydrogens is 379 g/mol. The second-order valence-corrected chi connectivity index (χ2v) is 6.96. The van der Waals surface area contributed by atoms with E-state index in [1.165, 1.54) is 42.5 Å². The molecule has 2 aromatic carbocycles. The number of hydrogen-bond donors (Lipinski definition) is 2. The van der Waals surface area contributed by atoms with Gasteiger partial charge in [0, 0.05) is 5.69 Å². The summed E-state index contributed by atoms with van der Waals surface area (Å²) in [5.74, 6) is -1.90. The van der Waals surface area contributed by atoms with Gasteiger partial charge in [-0.25, -0.2) is 12.8 Å². The Bertz CT molecular complexity index is 915. The van der Waals surface area contributed by atoms with Gasteiger partial charge < -0.3 is 14.8 Å². The minimum absolute atomic E-state index is 0.0502. The first-order chi connectivity index (χ1) is 12.8. The average Bonchev–Trinajstić information content (AvgIpc) is 2.66. The van der Waals surface area contributed by atoms with Gasteiger partial charge in [-0.1, -0.05) is 12.1 Å². The van der Waals surface area contributed by atoms with Gasteiger partial charge in [-0.2, -0.15) is 4.72 Å². The van der Waals surface area contributed by atoms with E-state index in [0.29, 0.717) is 5.69 Å². The second-order valence-electron chi connectivity index (χ2n) is 5.19. The third-order valence-electron chi connectivity index (χ3n) is 3.28. The third kappa shape index (κ3) is 6.04. The van der Waals surface area contributed by atoms with Crippen LogP contribution in [0.3, 0.4) is 0 Å². The van der Waals surface area contributed by atoms with E-state index >= 15 is 0 Å². The van der Waals surface area contributed by atoms with Gasteiger partial charge in [0.1, 0.15) is 6.54 Å². The number of methoxy groups -OCH3 is 1. The highest BCUT2D eigenvalue weighted by Crippen LogP contribution is 2.16. The summed E-state index contributed by atoms with van der Waals surface area (Å²) in [6.07, 6.45) is 0. The van der Waals surface area contributed by atoms with Crippen LogP contribution >= 0.6 is 0 Å². The van der Waals surface area contributed by atoms with E-state index in [0.717, 1.165) is 7.11 Å². The summed E-state index contributed by atoms with van der Waals surface area (Å²) in [6, 6.07) is 10.9. The fraction of sp³-hybridized carbons (Fsp3) is 0.176. The van der Waals surface area contributed by atoms with E-state index in [2.05, 4.69) is 14.8 Å². The number of para-hydroxylation sites is 1. The van der Waals surface area contributed by atoms with Gasteiger partial charge in [0.25, 0.3) is 5.91 Å². The zero-order valence-corrected chi connectivity index (χ0v) is 15.1. The van der Waals surface area contributed by atoms with E-state index in [1.807, 2.05) is 0 Å². The Labute approximate surface area is 155 Å². The molecule has 1 amide bonds. The van der Waals surface area contributed by atoms with Crippen LogP contribution in [0.4, 0.5) is 10.1 Å². The molecule has 0 bridgehead atoms. The maximum absolute atomic E-state index is 13.4. The normalized spacial score (nSPS) is 10.9. The Morgan fingerprint density at radius 2 is 1.74 bits per heavy atom. The summed E-state index contributed by atoms with van der Waals surface area (Å²) in [4.78, 5) is 22.8. The monoisotopic (exact) mass is 396 g/mol. The largest absolute Gasteiger partial charge is 0.481 e. The van der Waals surface area contributed by atoms with Gasteiger partial charge in [0.05, 0.1) is 12.0 Å². The summed E-state index contributed by atoms with van der Waals surface area (Å²) in [6.45, 7) is -0.910. The molecule has 0 aliphatic rings. The molecule has 8 nitrogen and oxygen atoms in total. The van der Waals surface area contributed by atoms with Gasteiger partial charge in [0.15, 0.2) is 18.2 Å². The number of anilines is 1. The van der Waals surface area contributed by atoms with Crippen molar-refractivity contribution in [2.75, 3.05) is 25.6 Å². The van der Waals surface area contributed by atoms with E-state index in [9.17, 15) is 22.4 Å². The highest BCUT2D eigenvalue weighted by molar-refractivity contribution is 7.89. The topological polar surface area (TPSA) is 111 Å². The molecule has 0 aromatic heterocycles. The van der Waals surface area contributed by atoms with Crippen molar-refractivity contribution in [1.29, 1.82) is 0 Å². The maximum Gasteiger partial charge on any atom is 0.320 e. The molecule has 2 rings (SSSR count). The van der Waals surface area contributed by atoms with Crippen LogP contribution in [0.15, 0.2) is 53.4 Å². The fourth-order valence-electron chi connectivity index (χ4n) is 1.93. The molecule has 0 saturated heterocycles. The van der Waals surface area contributed by atoms with Gasteiger partial charge in [0.2, 0.25) is 10.0 Å². The molecule has 0 fully saturated rings. The summed E-state index contributed by atoms with van der Waals surface area (Å²) in [7, 11) is -2.75. The molecule has 0 aliphatic carbocycles. The highest BCUT2D eigenvalue weighted by atomic mass is 32.2. The van der Waals surface area contributed by atoms with E-state index in [4.69, 9.17) is 4.74 Å². The van der Waals surface area contributed by atoms with Crippen molar-refractivity contribution in [2.24, 2.45) is 0 Å². The molecule has 0 radical (unpaired) electrons. The maximum atomic E-state index is 13.4. The lowest BCUT2D eigenvalue weighted by Gasteiger charge is -2.09. The minimum atomic E-state index is -3.89. The van der Waals surface area contributed by atoms with E-state index in [-0.39, 0.29) is 10.6 Å². The van der Waals surface area contributed by atoms with Crippen molar-refractivity contribution in [2.45, 2.75) is 4.90 Å². The Hall–Kier alpha value is -2.98. The fourth-order valence-corrected chi connectivity index (χ4v) is 2.90. The molecule has 10 heteroatoms. The number of esters is 1. The molecule has 0 spiro atoms. The molecule has 0 heterocycles. The van der Waals surface area contributed by atoms with Crippen LogP contribution in [0.25, 0.3) is 0 Å². The lowest BCUT2D eigenvalue weighted by molar-refractivity contribution is -0.139. The first kappa shape index (κ1) is 20.3. The lowest BCUT2D eigenvalue weighted by atomic mass is 10.3. The van der Waals surface area contributed by atoms with Crippen LogP contribution in [0.2, 0.25) is 0 Å². The van der Waals surface area contributed by atoms with Gasteiger partial charge in [-0.3, -0.25) is 9.59 Å². The molecular formula is C17H17FN2O6S. The number of amides is 1. The van der Waals surface area contributed by atoms with Crippen LogP contribution in [0.1, 0.15) is 0 Å². The molecule has 27 heavy (non-hydrogen) atoms. The average molecular weight is 396 g/mol. The van der Waals surface area contributed by atoms with Crippen LogP contribution in [0, 0.1) is 5.82 Å². The molecule has 144 valence electrons. The Morgan fingerprint density at radius 3 is 2.37 bits per heavy atom. The van der Waals surface area contributed by atoms with Gasteiger partial charge in [-0.15, -0.1) is 0 Å². The minimum Gasteiger partial charge on any atom is -0.481 e. The zero-order chi connectivity index (χ0) is 19.9. The van der Waals surface area contributed by atoms with Crippen LogP contribution in [-0.4, -0.2) is 40.6 Å². The summed E-state index contributed by atoms with van der Waals surface area (Å²) < 4.78 is 49.0. The van der Waals surface area contributed by atoms with E-state index in [1.54, 1.807) is 6.07 Å². The molecule has 2 N–H and O–H groups in total. The number of rotatable bonds is 8. The van der Waals surface area contributed by atoms with Crippen LogP contribution in [-0.2, 0) is 24.3 Å². The lowest BCUT2D eigenvalue weighted by Crippen LogP contribution is -2.30. The number of hydrogen-bond acceptors (Lipinski definition) is 6. The number of nitrogens with one attached hydrogen (secondary N) is 2. The number of carbonyl (C=O) groups is 2. The van der Waals surface area contributed by atoms with Crippen molar-refractivity contribution >= 4 is 27.6 Å². The van der Waals surface area contributed by atoms with Crippen LogP contribution < -0.4 is 14.8 Å². The highest BCUT2D eigenvalue weighted by Gasteiger charge is 2.16. The first-order valence-corrected chi connectivity index (χ1v) is 9.14. The molecule has 2 aromatic rings. The first-order valence-electron chi connectivity index (χ1n) is 7.65. The molecule has 0 saturated carbocycles. The number of ether oxygens (including phenoxy) is 2. The van der Waals surface area contributed by atoms with Gasteiger partial charge >= 0.3 is 5.97 Å². The SMILES string of the molecule is COC(=O)CNS(=O)(=O)c1ccc(NC(=O)COc2ccccc2F)cc1. The summed E-state index contributed by atoms with van der Waals surface area (Å²) >= 11 is 0. The Balaban J connectivity index is 1.92. The standard InChI is InChI=1S/C17H17FN2O6S/c1-25-17(22)10-19-27(23,24)13-8-6-12(7-9-13)20-16(21)11-26-15-5-3-2-4-14(15)18/h2-9,19H,10-11H2,1H3,(H,20,21). The second kappa shape index (κ2) is 9.10. The number of benzene rings is 2. The van der Waals surface area contributed by atoms with Crippen LogP contribution in [0.5, 0.6) is 5.75 Å². The van der Waals surface area contributed by atoms with Crippen molar-refractivity contribution < 1.29 is 31.9 Å². The van der Waals surface area contributed by atoms with Crippen molar-refractivity contribution in [3.8, 4) is 5.75 Å². The predicted molar refractivity (Wildman–Crippen MR) is 94.2 cm³/mol. The van der Waals surface area contributed by atoms with E-state index < -0.39 is 40.9 Å². The molecule has 0 aliphatic heterocycles. The summed E-state index contributed by atoms with van der Waals surface area (Å²) in [5, 5.41) is 2.49. The third-order valence-corrected chi connectivity index (χ3v) is 4.70. The Morgan fingerprint density at radius 1 is 1.07 bits per heavy atom. The number of halogens is 1. The van der Waals surface area contributed by atoms with Crippen molar-refractivity contribution in [1.82, 2.24) is 4.72 Å². The number of carbonyl (C=O) groups excluding carboxylic acids is 2. The van der Waals surface area contributed by atoms with Crippen molar-refractivity contribution in [3.63, 3.8) is 0 Å². The Kier molecular flexibility index (Phi) is 6.85. The molecule has 0 unspecified atom stereocenters. The quantitative estimate of drug-likeness (QED) is 0.651. The number of sulfonamides is 1.